The van der Waals surface area contributed by atoms with Crippen LogP contribution < -0.4 is 9.64 Å². The molecule has 0 amide bonds. The van der Waals surface area contributed by atoms with E-state index >= 15 is 0 Å². The third kappa shape index (κ3) is 4.65. The van der Waals surface area contributed by atoms with Gasteiger partial charge in [-0.1, -0.05) is 0 Å². The summed E-state index contributed by atoms with van der Waals surface area (Å²) in [6.07, 6.45) is 4.45. The molecule has 1 aromatic carbocycles. The second-order valence-corrected chi connectivity index (χ2v) is 7.73. The molecule has 1 saturated heterocycles. The maximum Gasteiger partial charge on any atom is 0.229 e. The van der Waals surface area contributed by atoms with Crippen molar-refractivity contribution in [3.8, 4) is 11.6 Å². The Morgan fingerprint density at radius 2 is 1.74 bits per heavy atom. The average molecular weight is 421 g/mol. The fourth-order valence-electron chi connectivity index (χ4n) is 3.91. The van der Waals surface area contributed by atoms with E-state index in [0.717, 1.165) is 43.9 Å². The van der Waals surface area contributed by atoms with Crippen molar-refractivity contribution in [3.63, 3.8) is 0 Å². The van der Waals surface area contributed by atoms with Gasteiger partial charge in [-0.3, -0.25) is 9.88 Å². The molecule has 2 aromatic heterocycles. The van der Waals surface area contributed by atoms with Gasteiger partial charge in [-0.2, -0.15) is 4.98 Å². The molecule has 2 aliphatic heterocycles. The highest BCUT2D eigenvalue weighted by molar-refractivity contribution is 5.43. The maximum atomic E-state index is 13.4. The predicted molar refractivity (Wildman–Crippen MR) is 114 cm³/mol. The van der Waals surface area contributed by atoms with Crippen molar-refractivity contribution >= 4 is 5.95 Å². The fraction of sp³-hybridized carbons (Fsp3) is 0.348. The number of benzene rings is 1. The zero-order valence-corrected chi connectivity index (χ0v) is 17.2. The van der Waals surface area contributed by atoms with Gasteiger partial charge in [-0.25, -0.2) is 9.37 Å². The van der Waals surface area contributed by atoms with Gasteiger partial charge in [0.2, 0.25) is 11.8 Å². The highest BCUT2D eigenvalue weighted by Gasteiger charge is 2.26. The summed E-state index contributed by atoms with van der Waals surface area (Å²) >= 11 is 0. The molecular formula is C23H24FN5O2. The molecule has 7 nitrogen and oxygen atoms in total. The van der Waals surface area contributed by atoms with E-state index in [9.17, 15) is 4.39 Å². The first-order valence-electron chi connectivity index (χ1n) is 10.5. The van der Waals surface area contributed by atoms with Crippen LogP contribution in [0.15, 0.2) is 48.8 Å². The maximum absolute atomic E-state index is 13.4. The number of morpholine rings is 1. The van der Waals surface area contributed by atoms with Crippen molar-refractivity contribution < 1.29 is 13.9 Å². The van der Waals surface area contributed by atoms with Gasteiger partial charge in [0.15, 0.2) is 0 Å². The normalized spacial score (nSPS) is 16.7. The minimum Gasteiger partial charge on any atom is -0.438 e. The van der Waals surface area contributed by atoms with Crippen LogP contribution in [0.5, 0.6) is 11.6 Å². The molecule has 0 radical (unpaired) electrons. The predicted octanol–water partition coefficient (Wildman–Crippen LogP) is 3.20. The number of fused-ring (bicyclic) bond motifs is 1. The van der Waals surface area contributed by atoms with Gasteiger partial charge >= 0.3 is 0 Å². The molecular weight excluding hydrogens is 397 g/mol. The lowest BCUT2D eigenvalue weighted by Crippen LogP contribution is -2.38. The molecule has 0 spiro atoms. The monoisotopic (exact) mass is 421 g/mol. The molecule has 0 unspecified atom stereocenters. The van der Waals surface area contributed by atoms with E-state index in [1.54, 1.807) is 12.1 Å². The number of anilines is 1. The van der Waals surface area contributed by atoms with Crippen LogP contribution in [0.2, 0.25) is 0 Å². The number of aromatic nitrogens is 3. The molecule has 8 heteroatoms. The summed E-state index contributed by atoms with van der Waals surface area (Å²) in [5.41, 5.74) is 3.21. The third-order valence-corrected chi connectivity index (χ3v) is 5.57. The number of nitrogens with zero attached hydrogens (tertiary/aromatic N) is 5. The lowest BCUT2D eigenvalue weighted by molar-refractivity contribution is 0.122. The molecule has 2 aliphatic rings. The zero-order valence-electron chi connectivity index (χ0n) is 17.2. The molecule has 160 valence electrons. The first-order valence-corrected chi connectivity index (χ1v) is 10.5. The number of hydrogen-bond donors (Lipinski definition) is 0. The van der Waals surface area contributed by atoms with Crippen LogP contribution in [-0.4, -0.2) is 52.7 Å². The second-order valence-electron chi connectivity index (χ2n) is 7.73. The van der Waals surface area contributed by atoms with E-state index in [1.165, 1.54) is 17.7 Å². The molecule has 0 N–H and O–H groups in total. The van der Waals surface area contributed by atoms with Crippen LogP contribution in [0.3, 0.4) is 0 Å². The summed E-state index contributed by atoms with van der Waals surface area (Å²) < 4.78 is 25.0. The Labute approximate surface area is 180 Å². The average Bonchev–Trinajstić information content (AvgIpc) is 2.82. The Morgan fingerprint density at radius 3 is 2.52 bits per heavy atom. The van der Waals surface area contributed by atoms with Gasteiger partial charge < -0.3 is 14.4 Å². The number of rotatable bonds is 5. The molecule has 1 fully saturated rings. The van der Waals surface area contributed by atoms with Crippen LogP contribution in [0.1, 0.15) is 16.8 Å². The van der Waals surface area contributed by atoms with E-state index in [1.807, 2.05) is 24.5 Å². The minimum atomic E-state index is -0.297. The first-order chi connectivity index (χ1) is 15.2. The third-order valence-electron chi connectivity index (χ3n) is 5.57. The SMILES string of the molecule is Fc1ccc(Oc2nc(N3CCOCC3)nc3c2CN(Cc2ccncc2)CC3)cc1. The van der Waals surface area contributed by atoms with Gasteiger partial charge in [0, 0.05) is 51.5 Å². The van der Waals surface area contributed by atoms with E-state index in [0.29, 0.717) is 37.3 Å². The summed E-state index contributed by atoms with van der Waals surface area (Å²) in [5, 5.41) is 0. The summed E-state index contributed by atoms with van der Waals surface area (Å²) in [6.45, 7) is 5.25. The second kappa shape index (κ2) is 8.95. The van der Waals surface area contributed by atoms with E-state index < -0.39 is 0 Å². The Kier molecular flexibility index (Phi) is 5.73. The number of pyridine rings is 1. The minimum absolute atomic E-state index is 0.297. The van der Waals surface area contributed by atoms with E-state index in [-0.39, 0.29) is 5.82 Å². The Balaban J connectivity index is 1.45. The standard InChI is InChI=1S/C23H24FN5O2/c24-18-1-3-19(4-2-18)31-22-20-16-28(15-17-5-8-25-9-6-17)10-7-21(20)26-23(27-22)29-11-13-30-14-12-29/h1-6,8-9H,7,10-16H2. The van der Waals surface area contributed by atoms with E-state index in [2.05, 4.69) is 14.8 Å². The topological polar surface area (TPSA) is 63.6 Å². The Hall–Kier alpha value is -3.10. The quantitative estimate of drug-likeness (QED) is 0.627. The molecule has 0 atom stereocenters. The van der Waals surface area contributed by atoms with Crippen LogP contribution in [0.4, 0.5) is 10.3 Å². The van der Waals surface area contributed by atoms with Crippen LogP contribution in [0, 0.1) is 5.82 Å². The molecule has 0 aliphatic carbocycles. The van der Waals surface area contributed by atoms with Crippen molar-refractivity contribution in [1.29, 1.82) is 0 Å². The molecule has 4 heterocycles. The van der Waals surface area contributed by atoms with Crippen molar-refractivity contribution in [3.05, 3.63) is 71.4 Å². The summed E-state index contributed by atoms with van der Waals surface area (Å²) in [7, 11) is 0. The van der Waals surface area contributed by atoms with Crippen LogP contribution >= 0.6 is 0 Å². The van der Waals surface area contributed by atoms with Crippen molar-refractivity contribution in [1.82, 2.24) is 19.9 Å². The van der Waals surface area contributed by atoms with Crippen LogP contribution in [0.25, 0.3) is 0 Å². The molecule has 0 saturated carbocycles. The van der Waals surface area contributed by atoms with Crippen LogP contribution in [-0.2, 0) is 24.2 Å². The highest BCUT2D eigenvalue weighted by atomic mass is 19.1. The van der Waals surface area contributed by atoms with Gasteiger partial charge in [0.25, 0.3) is 0 Å². The fourth-order valence-corrected chi connectivity index (χ4v) is 3.91. The summed E-state index contributed by atoms with van der Waals surface area (Å²) in [4.78, 5) is 18.2. The Bertz CT molecular complexity index is 1030. The lowest BCUT2D eigenvalue weighted by atomic mass is 10.1. The lowest BCUT2D eigenvalue weighted by Gasteiger charge is -2.31. The zero-order chi connectivity index (χ0) is 21.0. The Morgan fingerprint density at radius 1 is 0.968 bits per heavy atom. The number of ether oxygens (including phenoxy) is 2. The molecule has 0 bridgehead atoms. The number of halogens is 1. The molecule has 5 rings (SSSR count). The number of hydrogen-bond acceptors (Lipinski definition) is 7. The van der Waals surface area contributed by atoms with Crippen molar-refractivity contribution in [2.24, 2.45) is 0 Å². The van der Waals surface area contributed by atoms with Crippen molar-refractivity contribution in [2.75, 3.05) is 37.7 Å². The van der Waals surface area contributed by atoms with Gasteiger partial charge in [0.05, 0.1) is 24.5 Å². The molecule has 3 aromatic rings. The van der Waals surface area contributed by atoms with Crippen molar-refractivity contribution in [2.45, 2.75) is 19.5 Å². The van der Waals surface area contributed by atoms with E-state index in [4.69, 9.17) is 19.4 Å². The summed E-state index contributed by atoms with van der Waals surface area (Å²) in [5.74, 6) is 1.47. The smallest absolute Gasteiger partial charge is 0.229 e. The van der Waals surface area contributed by atoms with Gasteiger partial charge in [-0.05, 0) is 42.0 Å². The molecule has 31 heavy (non-hydrogen) atoms. The first kappa shape index (κ1) is 19.8. The largest absolute Gasteiger partial charge is 0.438 e. The summed E-state index contributed by atoms with van der Waals surface area (Å²) in [6, 6.07) is 10.1. The highest BCUT2D eigenvalue weighted by Crippen LogP contribution is 2.32. The van der Waals surface area contributed by atoms with Gasteiger partial charge in [-0.15, -0.1) is 0 Å². The van der Waals surface area contributed by atoms with Gasteiger partial charge in [0.1, 0.15) is 11.6 Å².